The Bertz CT molecular complexity index is 1370. The number of carbonyl (C=O) groups is 2. The van der Waals surface area contributed by atoms with E-state index in [4.69, 9.17) is 4.74 Å². The van der Waals surface area contributed by atoms with Gasteiger partial charge >= 0.3 is 0 Å². The molecule has 0 spiro atoms. The van der Waals surface area contributed by atoms with Crippen molar-refractivity contribution in [1.82, 2.24) is 10.9 Å². The lowest BCUT2D eigenvalue weighted by molar-refractivity contribution is -0.114. The predicted octanol–water partition coefficient (Wildman–Crippen LogP) is 5.80. The van der Waals surface area contributed by atoms with Crippen LogP contribution in [0.2, 0.25) is 0 Å². The van der Waals surface area contributed by atoms with E-state index in [0.29, 0.717) is 23.6 Å². The third-order valence-corrected chi connectivity index (χ3v) is 5.44. The zero-order chi connectivity index (χ0) is 25.3. The largest absolute Gasteiger partial charge is 0.488 e. The maximum Gasteiger partial charge on any atom is 0.269 e. The second-order valence-corrected chi connectivity index (χ2v) is 8.17. The van der Waals surface area contributed by atoms with Crippen LogP contribution in [0, 0.1) is 0 Å². The Morgan fingerprint density at radius 3 is 2.25 bits per heavy atom. The maximum absolute atomic E-state index is 12.6. The molecule has 0 aliphatic rings. The van der Waals surface area contributed by atoms with Crippen molar-refractivity contribution in [3.8, 4) is 16.9 Å². The molecule has 0 aliphatic heterocycles. The molecule has 0 unspecified atom stereocenters. The lowest BCUT2D eigenvalue weighted by Crippen LogP contribution is -2.35. The smallest absolute Gasteiger partial charge is 0.269 e. The van der Waals surface area contributed by atoms with Crippen LogP contribution in [0.3, 0.4) is 0 Å². The highest BCUT2D eigenvalue weighted by molar-refractivity contribution is 5.94. The quantitative estimate of drug-likeness (QED) is 0.266. The molecule has 4 aromatic carbocycles. The Kier molecular flexibility index (Phi) is 7.78. The van der Waals surface area contributed by atoms with Crippen molar-refractivity contribution in [2.45, 2.75) is 13.5 Å². The topological polar surface area (TPSA) is 79.5 Å². The van der Waals surface area contributed by atoms with Crippen molar-refractivity contribution in [3.05, 3.63) is 126 Å². The van der Waals surface area contributed by atoms with Crippen LogP contribution < -0.4 is 20.9 Å². The summed E-state index contributed by atoms with van der Waals surface area (Å²) >= 11 is 0. The highest BCUT2D eigenvalue weighted by Gasteiger charge is 2.09. The van der Waals surface area contributed by atoms with Gasteiger partial charge in [-0.25, -0.2) is 0 Å². The molecule has 0 saturated carbocycles. The number of hydrazine groups is 1. The monoisotopic (exact) mass is 477 g/mol. The van der Waals surface area contributed by atoms with Crippen molar-refractivity contribution in [2.24, 2.45) is 0 Å². The summed E-state index contributed by atoms with van der Waals surface area (Å²) in [5.74, 6) is 0.347. The van der Waals surface area contributed by atoms with E-state index in [0.717, 1.165) is 28.0 Å². The molecule has 0 fully saturated rings. The van der Waals surface area contributed by atoms with Gasteiger partial charge in [0, 0.05) is 29.3 Å². The summed E-state index contributed by atoms with van der Waals surface area (Å²) in [6, 6.07) is 32.4. The van der Waals surface area contributed by atoms with Crippen molar-refractivity contribution in [3.63, 3.8) is 0 Å². The van der Waals surface area contributed by atoms with E-state index >= 15 is 0 Å². The van der Waals surface area contributed by atoms with Crippen molar-refractivity contribution in [2.75, 3.05) is 5.32 Å². The van der Waals surface area contributed by atoms with E-state index in [1.54, 1.807) is 30.3 Å². The van der Waals surface area contributed by atoms with Gasteiger partial charge < -0.3 is 10.1 Å². The Balaban J connectivity index is 1.33. The Labute approximate surface area is 210 Å². The fourth-order valence-electron chi connectivity index (χ4n) is 3.63. The first-order chi connectivity index (χ1) is 17.5. The second-order valence-electron chi connectivity index (χ2n) is 8.17. The number of nitrogens with one attached hydrogen (secondary N) is 3. The lowest BCUT2D eigenvalue weighted by Gasteiger charge is -2.13. The molecular weight excluding hydrogens is 450 g/mol. The number of anilines is 1. The molecule has 2 amide bonds. The first kappa shape index (κ1) is 24.3. The van der Waals surface area contributed by atoms with Crippen LogP contribution in [-0.2, 0) is 11.4 Å². The van der Waals surface area contributed by atoms with Gasteiger partial charge in [-0.15, -0.1) is 0 Å². The Morgan fingerprint density at radius 2 is 1.50 bits per heavy atom. The zero-order valence-corrected chi connectivity index (χ0v) is 20.0. The molecule has 180 valence electrons. The molecule has 4 rings (SSSR count). The SMILES string of the molecule is C=C(NNC(=O)c1ccc(COc2ccccc2-c2ccccc2)cc1)c1cccc(NC(C)=O)c1. The molecule has 0 radical (unpaired) electrons. The van der Waals surface area contributed by atoms with Gasteiger partial charge in [-0.05, 0) is 41.5 Å². The van der Waals surface area contributed by atoms with Crippen LogP contribution in [0.15, 0.2) is 110 Å². The van der Waals surface area contributed by atoms with Crippen LogP contribution in [0.1, 0.15) is 28.4 Å². The first-order valence-electron chi connectivity index (χ1n) is 11.5. The second kappa shape index (κ2) is 11.5. The number of carbonyl (C=O) groups excluding carboxylic acids is 2. The summed E-state index contributed by atoms with van der Waals surface area (Å²) in [7, 11) is 0. The van der Waals surface area contributed by atoms with E-state index < -0.39 is 0 Å². The van der Waals surface area contributed by atoms with E-state index in [-0.39, 0.29) is 11.8 Å². The van der Waals surface area contributed by atoms with Crippen LogP contribution in [0.4, 0.5) is 5.69 Å². The molecule has 0 atom stereocenters. The number of rotatable bonds is 9. The minimum atomic E-state index is -0.295. The molecule has 0 aliphatic carbocycles. The minimum absolute atomic E-state index is 0.159. The predicted molar refractivity (Wildman–Crippen MR) is 143 cm³/mol. The number of benzene rings is 4. The van der Waals surface area contributed by atoms with Gasteiger partial charge in [0.25, 0.3) is 5.91 Å². The summed E-state index contributed by atoms with van der Waals surface area (Å²) in [5, 5.41) is 2.72. The number of ether oxygens (including phenoxy) is 1. The number of hydrogen-bond donors (Lipinski definition) is 3. The summed E-state index contributed by atoms with van der Waals surface area (Å²) in [6.07, 6.45) is 0. The molecule has 0 bridgehead atoms. The molecule has 3 N–H and O–H groups in total. The Morgan fingerprint density at radius 1 is 0.778 bits per heavy atom. The van der Waals surface area contributed by atoms with E-state index in [1.165, 1.54) is 6.92 Å². The van der Waals surface area contributed by atoms with Crippen molar-refractivity contribution < 1.29 is 14.3 Å². The van der Waals surface area contributed by atoms with Crippen LogP contribution in [0.5, 0.6) is 5.75 Å². The lowest BCUT2D eigenvalue weighted by atomic mass is 10.0. The van der Waals surface area contributed by atoms with Gasteiger partial charge in [0.1, 0.15) is 12.4 Å². The maximum atomic E-state index is 12.6. The van der Waals surface area contributed by atoms with Crippen LogP contribution in [0.25, 0.3) is 16.8 Å². The summed E-state index contributed by atoms with van der Waals surface area (Å²) in [6.45, 7) is 5.78. The fraction of sp³-hybridized carbons (Fsp3) is 0.0667. The number of hydrogen-bond acceptors (Lipinski definition) is 4. The summed E-state index contributed by atoms with van der Waals surface area (Å²) in [5.41, 5.74) is 10.9. The average molecular weight is 478 g/mol. The van der Waals surface area contributed by atoms with Crippen LogP contribution >= 0.6 is 0 Å². The zero-order valence-electron chi connectivity index (χ0n) is 20.0. The van der Waals surface area contributed by atoms with Gasteiger partial charge in [-0.3, -0.25) is 20.4 Å². The molecule has 36 heavy (non-hydrogen) atoms. The molecule has 6 heteroatoms. The standard InChI is InChI=1S/C30H27N3O3/c1-21(26-11-8-12-27(19-26)31-22(2)34)32-33-30(35)25-17-15-23(16-18-25)20-36-29-14-7-6-13-28(29)24-9-4-3-5-10-24/h3-19,32H,1,20H2,2H3,(H,31,34)(H,33,35). The van der Waals surface area contributed by atoms with E-state index in [9.17, 15) is 9.59 Å². The van der Waals surface area contributed by atoms with Gasteiger partial charge in [-0.1, -0.05) is 79.4 Å². The molecule has 4 aromatic rings. The third-order valence-electron chi connectivity index (χ3n) is 5.44. The van der Waals surface area contributed by atoms with Crippen LogP contribution in [-0.4, -0.2) is 11.8 Å². The van der Waals surface area contributed by atoms with E-state index in [1.807, 2.05) is 60.7 Å². The Hall–Kier alpha value is -4.84. The third kappa shape index (κ3) is 6.39. The molecule has 0 heterocycles. The molecule has 0 aromatic heterocycles. The van der Waals surface area contributed by atoms with Gasteiger partial charge in [0.05, 0.1) is 5.70 Å². The number of amides is 2. The normalized spacial score (nSPS) is 10.2. The molecular formula is C30H27N3O3. The minimum Gasteiger partial charge on any atom is -0.488 e. The average Bonchev–Trinajstić information content (AvgIpc) is 2.91. The fourth-order valence-corrected chi connectivity index (χ4v) is 3.63. The highest BCUT2D eigenvalue weighted by atomic mass is 16.5. The van der Waals surface area contributed by atoms with Gasteiger partial charge in [0.15, 0.2) is 0 Å². The van der Waals surface area contributed by atoms with E-state index in [2.05, 4.69) is 34.9 Å². The molecule has 0 saturated heterocycles. The van der Waals surface area contributed by atoms with Gasteiger partial charge in [-0.2, -0.15) is 0 Å². The van der Waals surface area contributed by atoms with Crippen molar-refractivity contribution >= 4 is 23.2 Å². The highest BCUT2D eigenvalue weighted by Crippen LogP contribution is 2.30. The molecule has 6 nitrogen and oxygen atoms in total. The van der Waals surface area contributed by atoms with Gasteiger partial charge in [0.2, 0.25) is 5.91 Å². The summed E-state index contributed by atoms with van der Waals surface area (Å²) in [4.78, 5) is 23.8. The first-order valence-corrected chi connectivity index (χ1v) is 11.5. The summed E-state index contributed by atoms with van der Waals surface area (Å²) < 4.78 is 6.09. The van der Waals surface area contributed by atoms with Crippen molar-refractivity contribution in [1.29, 1.82) is 0 Å². The number of para-hydroxylation sites is 1.